The van der Waals surface area contributed by atoms with E-state index in [-0.39, 0.29) is 9.77 Å². The minimum atomic E-state index is -3.87. The van der Waals surface area contributed by atoms with Gasteiger partial charge < -0.3 is 5.11 Å². The zero-order valence-electron chi connectivity index (χ0n) is 11.5. The van der Waals surface area contributed by atoms with E-state index < -0.39 is 22.0 Å². The molecule has 1 aromatic carbocycles. The number of aromatic carboxylic acids is 1. The van der Waals surface area contributed by atoms with Crippen molar-refractivity contribution < 1.29 is 18.3 Å². The predicted molar refractivity (Wildman–Crippen MR) is 81.2 cm³/mol. The summed E-state index contributed by atoms with van der Waals surface area (Å²) < 4.78 is 27.1. The summed E-state index contributed by atoms with van der Waals surface area (Å²) in [4.78, 5) is 10.7. The first-order valence-corrected chi connectivity index (χ1v) is 8.57. The zero-order chi connectivity index (χ0) is 15.6. The number of hydrogen-bond acceptors (Lipinski definition) is 4. The normalized spacial score (nSPS) is 13.0. The van der Waals surface area contributed by atoms with E-state index in [9.17, 15) is 13.2 Å². The Hall–Kier alpha value is -1.70. The van der Waals surface area contributed by atoms with Crippen molar-refractivity contribution in [3.05, 3.63) is 51.7 Å². The van der Waals surface area contributed by atoms with Crippen LogP contribution in [-0.2, 0) is 10.0 Å². The number of sulfonamides is 1. The highest BCUT2D eigenvalue weighted by atomic mass is 32.2. The molecule has 0 saturated carbocycles. The summed E-state index contributed by atoms with van der Waals surface area (Å²) in [6, 6.07) is 8.33. The molecule has 7 heteroatoms. The summed E-state index contributed by atoms with van der Waals surface area (Å²) >= 11 is 0.891. The van der Waals surface area contributed by atoms with E-state index in [4.69, 9.17) is 5.11 Å². The fourth-order valence-corrected chi connectivity index (χ4v) is 4.38. The zero-order valence-corrected chi connectivity index (χ0v) is 13.2. The van der Waals surface area contributed by atoms with Crippen molar-refractivity contribution in [3.8, 4) is 0 Å². The number of carboxylic acid groups (broad SMARTS) is 1. The third kappa shape index (κ3) is 3.49. The minimum absolute atomic E-state index is 0.182. The molecular weight excluding hydrogens is 310 g/mol. The lowest BCUT2D eigenvalue weighted by Gasteiger charge is -2.14. The lowest BCUT2D eigenvalue weighted by Crippen LogP contribution is -2.27. The van der Waals surface area contributed by atoms with Crippen LogP contribution in [0.15, 0.2) is 40.6 Å². The third-order valence-electron chi connectivity index (χ3n) is 3.02. The molecule has 0 fully saturated rings. The van der Waals surface area contributed by atoms with Crippen LogP contribution in [0, 0.1) is 6.92 Å². The molecule has 1 unspecified atom stereocenters. The third-order valence-corrected chi connectivity index (χ3v) is 5.64. The Balaban J connectivity index is 2.27. The van der Waals surface area contributed by atoms with Gasteiger partial charge in [-0.25, -0.2) is 17.9 Å². The van der Waals surface area contributed by atoms with Gasteiger partial charge in [0.1, 0.15) is 9.77 Å². The Kier molecular flexibility index (Phi) is 4.46. The lowest BCUT2D eigenvalue weighted by molar-refractivity contribution is 0.0698. The molecule has 1 heterocycles. The quantitative estimate of drug-likeness (QED) is 0.885. The molecule has 112 valence electrons. The van der Waals surface area contributed by atoms with Crippen molar-refractivity contribution in [2.24, 2.45) is 0 Å². The number of aryl methyl sites for hydroxylation is 1. The van der Waals surface area contributed by atoms with Crippen molar-refractivity contribution in [1.82, 2.24) is 4.72 Å². The first kappa shape index (κ1) is 15.7. The molecule has 2 aromatic rings. The SMILES string of the molecule is Cc1ccc(C(C)NS(=O)(=O)c2ccsc2C(=O)O)cc1. The van der Waals surface area contributed by atoms with Crippen molar-refractivity contribution in [2.45, 2.75) is 24.8 Å². The van der Waals surface area contributed by atoms with Gasteiger partial charge in [-0.3, -0.25) is 0 Å². The van der Waals surface area contributed by atoms with Crippen LogP contribution < -0.4 is 4.72 Å². The Morgan fingerprint density at radius 2 is 1.86 bits per heavy atom. The summed E-state index contributed by atoms with van der Waals surface area (Å²) in [5.74, 6) is -1.24. The molecule has 0 spiro atoms. The van der Waals surface area contributed by atoms with E-state index in [2.05, 4.69) is 4.72 Å². The molecule has 0 aliphatic heterocycles. The molecule has 0 aliphatic carbocycles. The Labute approximate surface area is 127 Å². The van der Waals surface area contributed by atoms with E-state index in [1.165, 1.54) is 11.4 Å². The molecule has 0 radical (unpaired) electrons. The van der Waals surface area contributed by atoms with Gasteiger partial charge in [0.15, 0.2) is 0 Å². The highest BCUT2D eigenvalue weighted by Gasteiger charge is 2.25. The van der Waals surface area contributed by atoms with Gasteiger partial charge in [0.05, 0.1) is 0 Å². The number of hydrogen-bond donors (Lipinski definition) is 2. The van der Waals surface area contributed by atoms with E-state index in [0.717, 1.165) is 22.5 Å². The standard InChI is InChI=1S/C14H15NO4S2/c1-9-3-5-11(6-4-9)10(2)15-21(18,19)12-7-8-20-13(12)14(16)17/h3-8,10,15H,1-2H3,(H,16,17). The number of nitrogens with one attached hydrogen (secondary N) is 1. The van der Waals surface area contributed by atoms with E-state index in [1.54, 1.807) is 6.92 Å². The molecule has 1 aromatic heterocycles. The van der Waals surface area contributed by atoms with Crippen molar-refractivity contribution in [3.63, 3.8) is 0 Å². The largest absolute Gasteiger partial charge is 0.477 e. The molecule has 0 bridgehead atoms. The van der Waals surface area contributed by atoms with Gasteiger partial charge >= 0.3 is 5.97 Å². The number of thiophene rings is 1. The van der Waals surface area contributed by atoms with Crippen LogP contribution >= 0.6 is 11.3 Å². The molecule has 0 amide bonds. The van der Waals surface area contributed by atoms with Gasteiger partial charge in [-0.15, -0.1) is 11.3 Å². The van der Waals surface area contributed by atoms with Crippen LogP contribution in [0.25, 0.3) is 0 Å². The van der Waals surface area contributed by atoms with Crippen molar-refractivity contribution in [1.29, 1.82) is 0 Å². The number of carboxylic acids is 1. The smallest absolute Gasteiger partial charge is 0.347 e. The Morgan fingerprint density at radius 1 is 1.24 bits per heavy atom. The second kappa shape index (κ2) is 5.97. The molecule has 2 rings (SSSR count). The second-order valence-electron chi connectivity index (χ2n) is 4.67. The van der Waals surface area contributed by atoms with Gasteiger partial charge in [-0.1, -0.05) is 29.8 Å². The van der Waals surface area contributed by atoms with E-state index in [0.29, 0.717) is 0 Å². The molecule has 0 saturated heterocycles. The summed E-state index contributed by atoms with van der Waals surface area (Å²) in [6.07, 6.45) is 0. The van der Waals surface area contributed by atoms with Gasteiger partial charge in [0.25, 0.3) is 0 Å². The maximum Gasteiger partial charge on any atom is 0.347 e. The Bertz CT molecular complexity index is 748. The highest BCUT2D eigenvalue weighted by molar-refractivity contribution is 7.89. The average molecular weight is 325 g/mol. The molecular formula is C14H15NO4S2. The van der Waals surface area contributed by atoms with Crippen LogP contribution in [0.3, 0.4) is 0 Å². The van der Waals surface area contributed by atoms with E-state index >= 15 is 0 Å². The summed E-state index contributed by atoms with van der Waals surface area (Å²) in [5, 5.41) is 10.5. The first-order valence-electron chi connectivity index (χ1n) is 6.21. The van der Waals surface area contributed by atoms with Crippen LogP contribution in [0.1, 0.15) is 33.8 Å². The number of carbonyl (C=O) groups is 1. The van der Waals surface area contributed by atoms with Gasteiger partial charge in [0, 0.05) is 6.04 Å². The van der Waals surface area contributed by atoms with Crippen LogP contribution in [0.5, 0.6) is 0 Å². The number of rotatable bonds is 5. The van der Waals surface area contributed by atoms with Gasteiger partial charge in [-0.2, -0.15) is 0 Å². The monoisotopic (exact) mass is 325 g/mol. The summed E-state index contributed by atoms with van der Waals surface area (Å²) in [7, 11) is -3.87. The van der Waals surface area contributed by atoms with Crippen LogP contribution in [0.4, 0.5) is 0 Å². The van der Waals surface area contributed by atoms with Crippen molar-refractivity contribution >= 4 is 27.3 Å². The predicted octanol–water partition coefficient (Wildman–Crippen LogP) is 2.79. The van der Waals surface area contributed by atoms with Gasteiger partial charge in [0.2, 0.25) is 10.0 Å². The molecule has 2 N–H and O–H groups in total. The average Bonchev–Trinajstić information content (AvgIpc) is 2.89. The van der Waals surface area contributed by atoms with Crippen LogP contribution in [0.2, 0.25) is 0 Å². The highest BCUT2D eigenvalue weighted by Crippen LogP contribution is 2.24. The molecule has 0 aliphatic rings. The Morgan fingerprint density at radius 3 is 2.43 bits per heavy atom. The first-order chi connectivity index (χ1) is 9.81. The molecule has 5 nitrogen and oxygen atoms in total. The molecule has 1 atom stereocenters. The molecule has 21 heavy (non-hydrogen) atoms. The second-order valence-corrected chi connectivity index (χ2v) is 7.27. The van der Waals surface area contributed by atoms with E-state index in [1.807, 2.05) is 31.2 Å². The fourth-order valence-electron chi connectivity index (χ4n) is 1.88. The summed E-state index contributed by atoms with van der Waals surface area (Å²) in [5.41, 5.74) is 1.90. The van der Waals surface area contributed by atoms with Crippen molar-refractivity contribution in [2.75, 3.05) is 0 Å². The maximum atomic E-state index is 12.3. The number of benzene rings is 1. The fraction of sp³-hybridized carbons (Fsp3) is 0.214. The summed E-state index contributed by atoms with van der Waals surface area (Å²) in [6.45, 7) is 3.66. The van der Waals surface area contributed by atoms with Gasteiger partial charge in [-0.05, 0) is 30.9 Å². The minimum Gasteiger partial charge on any atom is -0.477 e. The van der Waals surface area contributed by atoms with Crippen LogP contribution in [-0.4, -0.2) is 19.5 Å². The maximum absolute atomic E-state index is 12.3. The topological polar surface area (TPSA) is 83.5 Å². The lowest BCUT2D eigenvalue weighted by atomic mass is 10.1.